The van der Waals surface area contributed by atoms with Crippen molar-refractivity contribution >= 4 is 28.6 Å². The smallest absolute Gasteiger partial charge is 0.338 e. The van der Waals surface area contributed by atoms with Crippen LogP contribution in [0.25, 0.3) is 0 Å². The number of alkyl halides is 2. The summed E-state index contributed by atoms with van der Waals surface area (Å²) >= 11 is 2.01. The van der Waals surface area contributed by atoms with Gasteiger partial charge < -0.3 is 9.47 Å². The minimum atomic E-state index is -1.79. The summed E-state index contributed by atoms with van der Waals surface area (Å²) in [7, 11) is 0. The highest BCUT2D eigenvalue weighted by atomic mass is 127. The van der Waals surface area contributed by atoms with Crippen LogP contribution in [0.5, 0.6) is 0 Å². The molecule has 1 fully saturated rings. The molecule has 0 spiro atoms. The highest BCUT2D eigenvalue weighted by molar-refractivity contribution is 14.1. The summed E-state index contributed by atoms with van der Waals surface area (Å²) in [5, 5.41) is 0. The number of aryl methyl sites for hydroxylation is 1. The number of hydrogen-bond acceptors (Lipinski definition) is 5. The van der Waals surface area contributed by atoms with Gasteiger partial charge in [-0.15, -0.1) is 0 Å². The lowest BCUT2D eigenvalue weighted by molar-refractivity contribution is -0.0803. The van der Waals surface area contributed by atoms with Crippen molar-refractivity contribution in [3.05, 3.63) is 68.5 Å². The van der Waals surface area contributed by atoms with Crippen molar-refractivity contribution in [2.75, 3.05) is 4.43 Å². The maximum atomic E-state index is 15.3. The summed E-state index contributed by atoms with van der Waals surface area (Å²) in [6.07, 6.45) is -3.08. The van der Waals surface area contributed by atoms with Gasteiger partial charge in [0.05, 0.1) is 5.56 Å². The summed E-state index contributed by atoms with van der Waals surface area (Å²) in [6, 6.07) is 8.25. The Morgan fingerprint density at radius 2 is 2.04 bits per heavy atom. The van der Waals surface area contributed by atoms with Crippen molar-refractivity contribution in [3.8, 4) is 0 Å². The van der Waals surface area contributed by atoms with Crippen LogP contribution in [0.1, 0.15) is 29.1 Å². The molecule has 0 unspecified atom stereocenters. The van der Waals surface area contributed by atoms with Gasteiger partial charge in [0.1, 0.15) is 5.60 Å². The SMILES string of the molecule is Cc1cn([C@@H]2O[C@](C)(CI)[C@@H](OC(=O)c3ccccc3)[C@@H]2F)c(=O)[nH]c1=O. The fraction of sp³-hybridized carbons (Fsp3) is 0.389. The molecule has 9 heteroatoms. The van der Waals surface area contributed by atoms with E-state index in [0.29, 0.717) is 9.99 Å². The van der Waals surface area contributed by atoms with Crippen LogP contribution in [0.4, 0.5) is 4.39 Å². The Labute approximate surface area is 167 Å². The Morgan fingerprint density at radius 1 is 1.37 bits per heavy atom. The molecule has 0 bridgehead atoms. The number of esters is 1. The summed E-state index contributed by atoms with van der Waals surface area (Å²) in [5.41, 5.74) is -1.94. The Balaban J connectivity index is 1.93. The van der Waals surface area contributed by atoms with E-state index in [1.54, 1.807) is 37.3 Å². The molecule has 144 valence electrons. The molecule has 1 aliphatic heterocycles. The minimum absolute atomic E-state index is 0.242. The van der Waals surface area contributed by atoms with Crippen LogP contribution >= 0.6 is 22.6 Å². The molecule has 1 N–H and O–H groups in total. The van der Waals surface area contributed by atoms with Crippen molar-refractivity contribution < 1.29 is 18.7 Å². The third-order valence-corrected chi connectivity index (χ3v) is 6.00. The lowest BCUT2D eigenvalue weighted by atomic mass is 10.00. The summed E-state index contributed by atoms with van der Waals surface area (Å²) < 4.78 is 27.8. The summed E-state index contributed by atoms with van der Waals surface area (Å²) in [6.45, 7) is 3.12. The van der Waals surface area contributed by atoms with E-state index in [0.717, 1.165) is 4.57 Å². The monoisotopic (exact) mass is 488 g/mol. The van der Waals surface area contributed by atoms with Gasteiger partial charge in [-0.1, -0.05) is 40.8 Å². The zero-order valence-electron chi connectivity index (χ0n) is 14.6. The van der Waals surface area contributed by atoms with Crippen LogP contribution in [-0.4, -0.2) is 37.8 Å². The number of nitrogens with one attached hydrogen (secondary N) is 1. The molecule has 1 aromatic heterocycles. The number of aromatic amines is 1. The molecule has 0 radical (unpaired) electrons. The van der Waals surface area contributed by atoms with Gasteiger partial charge in [0.25, 0.3) is 5.56 Å². The van der Waals surface area contributed by atoms with E-state index < -0.39 is 41.3 Å². The molecule has 1 aromatic carbocycles. The van der Waals surface area contributed by atoms with Gasteiger partial charge in [-0.2, -0.15) is 0 Å². The van der Waals surface area contributed by atoms with Crippen LogP contribution in [0.3, 0.4) is 0 Å². The molecule has 0 saturated carbocycles. The number of carbonyl (C=O) groups is 1. The number of nitrogens with zero attached hydrogens (tertiary/aromatic N) is 1. The van der Waals surface area contributed by atoms with Gasteiger partial charge in [0.15, 0.2) is 18.5 Å². The fourth-order valence-electron chi connectivity index (χ4n) is 2.93. The standard InChI is InChI=1S/C18H18FIN2O5/c1-10-8-22(17(25)21-14(10)23)15-12(19)13(18(2,9-20)27-15)26-16(24)11-6-4-3-5-7-11/h3-8,12-13,15H,9H2,1-2H3,(H,21,23,25)/t12-,13-,15+,18+/m0/s1. The molecule has 1 aliphatic rings. The van der Waals surface area contributed by atoms with E-state index in [1.165, 1.54) is 13.1 Å². The average molecular weight is 488 g/mol. The van der Waals surface area contributed by atoms with Gasteiger partial charge >= 0.3 is 11.7 Å². The number of H-pyrrole nitrogens is 1. The van der Waals surface area contributed by atoms with E-state index in [1.807, 2.05) is 22.6 Å². The van der Waals surface area contributed by atoms with Gasteiger partial charge in [0.2, 0.25) is 0 Å². The lowest BCUT2D eigenvalue weighted by Gasteiger charge is -2.28. The Hall–Kier alpha value is -2.01. The highest BCUT2D eigenvalue weighted by Gasteiger charge is 2.56. The second-order valence-corrected chi connectivity index (χ2v) is 7.33. The van der Waals surface area contributed by atoms with Gasteiger partial charge in [-0.3, -0.25) is 14.3 Å². The van der Waals surface area contributed by atoms with E-state index in [2.05, 4.69) is 4.98 Å². The van der Waals surface area contributed by atoms with Crippen LogP contribution in [0.15, 0.2) is 46.1 Å². The predicted octanol–water partition coefficient (Wildman–Crippen LogP) is 2.13. The number of hydrogen-bond donors (Lipinski definition) is 1. The average Bonchev–Trinajstić information content (AvgIpc) is 2.91. The van der Waals surface area contributed by atoms with Crippen LogP contribution in [0.2, 0.25) is 0 Å². The zero-order valence-corrected chi connectivity index (χ0v) is 16.8. The predicted molar refractivity (Wildman–Crippen MR) is 104 cm³/mol. The van der Waals surface area contributed by atoms with Gasteiger partial charge in [-0.25, -0.2) is 14.0 Å². The first-order valence-corrected chi connectivity index (χ1v) is 9.75. The number of ether oxygens (including phenoxy) is 2. The van der Waals surface area contributed by atoms with Crippen molar-refractivity contribution in [3.63, 3.8) is 0 Å². The Bertz CT molecular complexity index is 960. The molecule has 7 nitrogen and oxygen atoms in total. The molecule has 27 heavy (non-hydrogen) atoms. The second kappa shape index (κ2) is 7.55. The molecule has 0 amide bonds. The molecule has 2 aromatic rings. The van der Waals surface area contributed by atoms with E-state index in [4.69, 9.17) is 9.47 Å². The van der Waals surface area contributed by atoms with Crippen molar-refractivity contribution in [2.24, 2.45) is 0 Å². The third-order valence-electron chi connectivity index (χ3n) is 4.48. The van der Waals surface area contributed by atoms with E-state index >= 15 is 4.39 Å². The maximum Gasteiger partial charge on any atom is 0.338 e. The first-order valence-electron chi connectivity index (χ1n) is 8.23. The topological polar surface area (TPSA) is 90.4 Å². The van der Waals surface area contributed by atoms with Crippen molar-refractivity contribution in [1.82, 2.24) is 9.55 Å². The van der Waals surface area contributed by atoms with Crippen molar-refractivity contribution in [1.29, 1.82) is 0 Å². The molecule has 0 aliphatic carbocycles. The van der Waals surface area contributed by atoms with E-state index in [9.17, 15) is 14.4 Å². The number of benzene rings is 1. The number of aromatic nitrogens is 2. The van der Waals surface area contributed by atoms with Gasteiger partial charge in [-0.05, 0) is 26.0 Å². The van der Waals surface area contributed by atoms with Crippen LogP contribution in [-0.2, 0) is 9.47 Å². The quantitative estimate of drug-likeness (QED) is 0.405. The number of carbonyl (C=O) groups excluding carboxylic acids is 1. The van der Waals surface area contributed by atoms with Gasteiger partial charge in [0, 0.05) is 16.2 Å². The van der Waals surface area contributed by atoms with Crippen LogP contribution < -0.4 is 11.2 Å². The minimum Gasteiger partial charge on any atom is -0.452 e. The highest BCUT2D eigenvalue weighted by Crippen LogP contribution is 2.41. The molecule has 3 rings (SSSR count). The number of halogens is 2. The largest absolute Gasteiger partial charge is 0.452 e. The first-order chi connectivity index (χ1) is 12.8. The molecule has 2 heterocycles. The summed E-state index contributed by atoms with van der Waals surface area (Å²) in [4.78, 5) is 38.2. The molecule has 4 atom stereocenters. The number of rotatable bonds is 4. The Morgan fingerprint density at radius 3 is 2.67 bits per heavy atom. The first kappa shape index (κ1) is 19.7. The maximum absolute atomic E-state index is 15.3. The second-order valence-electron chi connectivity index (χ2n) is 6.57. The zero-order chi connectivity index (χ0) is 19.8. The fourth-order valence-corrected chi connectivity index (χ4v) is 3.55. The molecular formula is C18H18FIN2O5. The third kappa shape index (κ3) is 3.70. The van der Waals surface area contributed by atoms with Crippen molar-refractivity contribution in [2.45, 2.75) is 38.0 Å². The molecule has 1 saturated heterocycles. The lowest BCUT2D eigenvalue weighted by Crippen LogP contribution is -2.44. The van der Waals surface area contributed by atoms with Crippen LogP contribution in [0, 0.1) is 6.92 Å². The Kier molecular flexibility index (Phi) is 5.52. The van der Waals surface area contributed by atoms with E-state index in [-0.39, 0.29) is 5.56 Å². The summed E-state index contributed by atoms with van der Waals surface area (Å²) in [5.74, 6) is -0.673. The normalized spacial score (nSPS) is 27.5. The molecular weight excluding hydrogens is 470 g/mol.